The van der Waals surface area contributed by atoms with Gasteiger partial charge in [0, 0.05) is 18.4 Å². The van der Waals surface area contributed by atoms with Crippen LogP contribution in [-0.4, -0.2) is 16.9 Å². The number of hydrogen-bond acceptors (Lipinski definition) is 2. The zero-order valence-corrected chi connectivity index (χ0v) is 7.58. The third kappa shape index (κ3) is 3.40. The van der Waals surface area contributed by atoms with Crippen LogP contribution in [0.4, 0.5) is 0 Å². The summed E-state index contributed by atoms with van der Waals surface area (Å²) in [4.78, 5) is 21.9. The van der Waals surface area contributed by atoms with Crippen LogP contribution in [0.2, 0.25) is 0 Å². The van der Waals surface area contributed by atoms with Crippen LogP contribution >= 0.6 is 0 Å². The summed E-state index contributed by atoms with van der Waals surface area (Å²) in [6.07, 6.45) is 6.03. The van der Waals surface area contributed by atoms with Gasteiger partial charge in [0.15, 0.2) is 0 Å². The van der Waals surface area contributed by atoms with E-state index in [1.807, 2.05) is 0 Å². The molecule has 1 aliphatic rings. The van der Waals surface area contributed by atoms with Crippen molar-refractivity contribution in [3.05, 3.63) is 11.6 Å². The Bertz CT molecular complexity index is 241. The molecule has 0 aromatic rings. The molecule has 0 saturated heterocycles. The first kappa shape index (κ1) is 9.96. The minimum absolute atomic E-state index is 0.0514. The fourth-order valence-electron chi connectivity index (χ4n) is 1.46. The van der Waals surface area contributed by atoms with Gasteiger partial charge in [0.05, 0.1) is 0 Å². The number of Topliss-reactive ketones (excluding diaryl/α,β-unsaturated/α-hetero) is 1. The SMILES string of the molecule is O=C1CCCCC/C=C(/C(=O)O)C1. The van der Waals surface area contributed by atoms with Crippen molar-refractivity contribution >= 4 is 11.8 Å². The zero-order chi connectivity index (χ0) is 9.68. The molecule has 0 unspecified atom stereocenters. The van der Waals surface area contributed by atoms with E-state index in [-0.39, 0.29) is 17.8 Å². The summed E-state index contributed by atoms with van der Waals surface area (Å²) in [5.74, 6) is -0.897. The zero-order valence-electron chi connectivity index (χ0n) is 7.58. The molecule has 0 bridgehead atoms. The normalized spacial score (nSPS) is 23.7. The van der Waals surface area contributed by atoms with Gasteiger partial charge < -0.3 is 5.11 Å². The first-order valence-electron chi connectivity index (χ1n) is 4.64. The summed E-state index contributed by atoms with van der Waals surface area (Å²) in [7, 11) is 0. The van der Waals surface area contributed by atoms with Gasteiger partial charge in [-0.1, -0.05) is 12.5 Å². The molecule has 13 heavy (non-hydrogen) atoms. The van der Waals surface area contributed by atoms with Crippen LogP contribution in [-0.2, 0) is 9.59 Å². The number of carboxylic acid groups (broad SMARTS) is 1. The van der Waals surface area contributed by atoms with Gasteiger partial charge in [0.2, 0.25) is 0 Å². The van der Waals surface area contributed by atoms with Crippen molar-refractivity contribution in [1.82, 2.24) is 0 Å². The second-order valence-electron chi connectivity index (χ2n) is 3.35. The lowest BCUT2D eigenvalue weighted by molar-refractivity contribution is -0.133. The highest BCUT2D eigenvalue weighted by molar-refractivity contribution is 5.94. The summed E-state index contributed by atoms with van der Waals surface area (Å²) >= 11 is 0. The van der Waals surface area contributed by atoms with E-state index in [1.165, 1.54) is 0 Å². The second-order valence-corrected chi connectivity index (χ2v) is 3.35. The largest absolute Gasteiger partial charge is 0.478 e. The van der Waals surface area contributed by atoms with Crippen molar-refractivity contribution < 1.29 is 14.7 Å². The molecule has 0 fully saturated rings. The number of aliphatic carboxylic acids is 1. The maximum Gasteiger partial charge on any atom is 0.331 e. The topological polar surface area (TPSA) is 54.4 Å². The Morgan fingerprint density at radius 3 is 2.77 bits per heavy atom. The van der Waals surface area contributed by atoms with Gasteiger partial charge >= 0.3 is 5.97 Å². The molecule has 0 aliphatic heterocycles. The van der Waals surface area contributed by atoms with E-state index < -0.39 is 5.97 Å². The van der Waals surface area contributed by atoms with Crippen molar-refractivity contribution in [2.75, 3.05) is 0 Å². The van der Waals surface area contributed by atoms with E-state index >= 15 is 0 Å². The van der Waals surface area contributed by atoms with Gasteiger partial charge in [-0.05, 0) is 19.3 Å². The highest BCUT2D eigenvalue weighted by atomic mass is 16.4. The molecule has 0 saturated carbocycles. The van der Waals surface area contributed by atoms with Crippen molar-refractivity contribution in [3.8, 4) is 0 Å². The fraction of sp³-hybridized carbons (Fsp3) is 0.600. The molecular weight excluding hydrogens is 168 g/mol. The lowest BCUT2D eigenvalue weighted by atomic mass is 10.1. The minimum atomic E-state index is -0.949. The van der Waals surface area contributed by atoms with E-state index in [1.54, 1.807) is 6.08 Å². The maximum absolute atomic E-state index is 11.2. The summed E-state index contributed by atoms with van der Waals surface area (Å²) in [6, 6.07) is 0. The van der Waals surface area contributed by atoms with Crippen molar-refractivity contribution in [1.29, 1.82) is 0 Å². The summed E-state index contributed by atoms with van der Waals surface area (Å²) in [5, 5.41) is 8.74. The molecule has 0 heterocycles. The highest BCUT2D eigenvalue weighted by Crippen LogP contribution is 2.14. The fourth-order valence-corrected chi connectivity index (χ4v) is 1.46. The Labute approximate surface area is 77.4 Å². The highest BCUT2D eigenvalue weighted by Gasteiger charge is 2.13. The van der Waals surface area contributed by atoms with Gasteiger partial charge in [-0.2, -0.15) is 0 Å². The summed E-state index contributed by atoms with van der Waals surface area (Å²) in [6.45, 7) is 0. The molecule has 3 heteroatoms. The van der Waals surface area contributed by atoms with Gasteiger partial charge in [-0.15, -0.1) is 0 Å². The van der Waals surface area contributed by atoms with E-state index in [2.05, 4.69) is 0 Å². The van der Waals surface area contributed by atoms with E-state index in [0.717, 1.165) is 25.7 Å². The summed E-state index contributed by atoms with van der Waals surface area (Å²) < 4.78 is 0. The first-order chi connectivity index (χ1) is 6.20. The molecule has 1 aliphatic carbocycles. The Morgan fingerprint density at radius 2 is 2.08 bits per heavy atom. The average Bonchev–Trinajstić information content (AvgIpc) is 2.16. The molecule has 1 N–H and O–H groups in total. The van der Waals surface area contributed by atoms with E-state index in [0.29, 0.717) is 6.42 Å². The summed E-state index contributed by atoms with van der Waals surface area (Å²) in [5.41, 5.74) is 0.270. The number of carbonyl (C=O) groups excluding carboxylic acids is 1. The standard InChI is InChI=1S/C10H14O3/c11-9-6-4-2-1-3-5-8(7-9)10(12)13/h5H,1-4,6-7H2,(H,12,13)/b8-5+. The van der Waals surface area contributed by atoms with Gasteiger partial charge in [0.25, 0.3) is 0 Å². The predicted octanol–water partition coefficient (Wildman–Crippen LogP) is 1.92. The number of hydrogen-bond donors (Lipinski definition) is 1. The van der Waals surface area contributed by atoms with Crippen molar-refractivity contribution in [2.45, 2.75) is 38.5 Å². The molecule has 0 amide bonds. The van der Waals surface area contributed by atoms with Gasteiger partial charge in [-0.25, -0.2) is 4.79 Å². The van der Waals surface area contributed by atoms with Crippen LogP contribution in [0.1, 0.15) is 38.5 Å². The molecular formula is C10H14O3. The smallest absolute Gasteiger partial charge is 0.331 e. The quantitative estimate of drug-likeness (QED) is 0.674. The predicted molar refractivity (Wildman–Crippen MR) is 48.4 cm³/mol. The molecule has 0 radical (unpaired) electrons. The Hall–Kier alpha value is -1.12. The number of allylic oxidation sites excluding steroid dienone is 1. The van der Waals surface area contributed by atoms with Crippen LogP contribution in [0, 0.1) is 0 Å². The second kappa shape index (κ2) is 4.80. The van der Waals surface area contributed by atoms with E-state index in [4.69, 9.17) is 5.11 Å². The van der Waals surface area contributed by atoms with Crippen molar-refractivity contribution in [3.63, 3.8) is 0 Å². The number of rotatable bonds is 1. The van der Waals surface area contributed by atoms with Crippen LogP contribution in [0.5, 0.6) is 0 Å². The monoisotopic (exact) mass is 182 g/mol. The lowest BCUT2D eigenvalue weighted by Gasteiger charge is -1.98. The first-order valence-corrected chi connectivity index (χ1v) is 4.64. The molecule has 0 atom stereocenters. The number of ketones is 1. The van der Waals surface area contributed by atoms with Crippen molar-refractivity contribution in [2.24, 2.45) is 0 Å². The Balaban J connectivity index is 2.66. The number of carboxylic acids is 1. The van der Waals surface area contributed by atoms with Crippen LogP contribution in [0.15, 0.2) is 11.6 Å². The van der Waals surface area contributed by atoms with Gasteiger partial charge in [0.1, 0.15) is 5.78 Å². The van der Waals surface area contributed by atoms with Gasteiger partial charge in [-0.3, -0.25) is 4.79 Å². The van der Waals surface area contributed by atoms with Crippen LogP contribution in [0.3, 0.4) is 0 Å². The number of carbonyl (C=O) groups is 2. The van der Waals surface area contributed by atoms with Crippen LogP contribution < -0.4 is 0 Å². The lowest BCUT2D eigenvalue weighted by Crippen LogP contribution is -2.06. The molecule has 1 rings (SSSR count). The molecule has 0 aromatic carbocycles. The third-order valence-corrected chi connectivity index (χ3v) is 2.21. The van der Waals surface area contributed by atoms with E-state index in [9.17, 15) is 9.59 Å². The molecule has 72 valence electrons. The molecule has 3 nitrogen and oxygen atoms in total. The average molecular weight is 182 g/mol. The Kier molecular flexibility index (Phi) is 3.68. The minimum Gasteiger partial charge on any atom is -0.478 e. The Morgan fingerprint density at radius 1 is 1.31 bits per heavy atom. The third-order valence-electron chi connectivity index (χ3n) is 2.21. The van der Waals surface area contributed by atoms with Crippen LogP contribution in [0.25, 0.3) is 0 Å². The maximum atomic E-state index is 11.2. The molecule has 0 aromatic heterocycles. The molecule has 0 spiro atoms.